The van der Waals surface area contributed by atoms with Gasteiger partial charge in [-0.2, -0.15) is 0 Å². The summed E-state index contributed by atoms with van der Waals surface area (Å²) < 4.78 is 4.05. The minimum atomic E-state index is -0.220. The predicted molar refractivity (Wildman–Crippen MR) is 190 cm³/mol. The molecule has 0 aliphatic heterocycles. The summed E-state index contributed by atoms with van der Waals surface area (Å²) in [5.74, 6) is 0.667. The first-order valence-electron chi connectivity index (χ1n) is 14.7. The van der Waals surface area contributed by atoms with E-state index < -0.39 is 0 Å². The van der Waals surface area contributed by atoms with Crippen molar-refractivity contribution in [3.63, 3.8) is 0 Å². The lowest BCUT2D eigenvalue weighted by atomic mass is 10.2. The van der Waals surface area contributed by atoms with Gasteiger partial charge < -0.3 is 10.6 Å². The molecule has 9 rings (SSSR count). The highest BCUT2D eigenvalue weighted by Gasteiger charge is 2.20. The molecule has 0 spiro atoms. The summed E-state index contributed by atoms with van der Waals surface area (Å²) in [6.07, 6.45) is 6.39. The third-order valence-corrected chi connectivity index (χ3v) is 9.81. The molecule has 6 heterocycles. The quantitative estimate of drug-likeness (QED) is 0.200. The molecule has 0 radical (unpaired) electrons. The SMILES string of the molecule is O=c1c2sc3nccnc3c2nc(Nc2ccc(Nc3nc4c(sc5nccnc54)c(=O)n3-c3ccccc3)cc2)n1-c1ccccc1. The first-order chi connectivity index (χ1) is 23.6. The van der Waals surface area contributed by atoms with Gasteiger partial charge in [0.1, 0.15) is 41.1 Å². The molecule has 48 heavy (non-hydrogen) atoms. The lowest BCUT2D eigenvalue weighted by Crippen LogP contribution is -2.22. The van der Waals surface area contributed by atoms with Crippen LogP contribution in [0.25, 0.3) is 52.5 Å². The highest BCUT2D eigenvalue weighted by Crippen LogP contribution is 2.32. The van der Waals surface area contributed by atoms with Crippen LogP contribution in [0.4, 0.5) is 23.3 Å². The zero-order valence-electron chi connectivity index (χ0n) is 24.6. The molecule has 9 aromatic rings. The average molecular weight is 665 g/mol. The molecule has 0 atom stereocenters. The summed E-state index contributed by atoms with van der Waals surface area (Å²) in [7, 11) is 0. The standard InChI is InChI=1S/C34H20N10O2S2/c45-31-27-23(25-29(47-27)37-17-15-35-25)41-33(43(31)21-7-3-1-4-8-21)39-19-11-13-20(14-12-19)40-34-42-24-26-30(38-18-16-36-26)48-28(24)32(46)44(34)22-9-5-2-6-10-22/h1-18H,(H,39,41)(H,40,42). The Bertz CT molecular complexity index is 2590. The van der Waals surface area contributed by atoms with Crippen LogP contribution in [0, 0.1) is 0 Å². The highest BCUT2D eigenvalue weighted by molar-refractivity contribution is 7.25. The van der Waals surface area contributed by atoms with Gasteiger partial charge in [-0.15, -0.1) is 22.7 Å². The fourth-order valence-corrected chi connectivity index (χ4v) is 7.47. The molecule has 12 nitrogen and oxygen atoms in total. The summed E-state index contributed by atoms with van der Waals surface area (Å²) in [4.78, 5) is 56.5. The molecule has 2 N–H and O–H groups in total. The topological polar surface area (TPSA) is 145 Å². The lowest BCUT2D eigenvalue weighted by molar-refractivity contribution is 0.977. The third-order valence-electron chi connectivity index (χ3n) is 7.69. The van der Waals surface area contributed by atoms with Crippen LogP contribution >= 0.6 is 22.7 Å². The zero-order valence-corrected chi connectivity index (χ0v) is 26.2. The second-order valence-corrected chi connectivity index (χ2v) is 12.6. The van der Waals surface area contributed by atoms with Gasteiger partial charge in [0.05, 0.1) is 11.4 Å². The van der Waals surface area contributed by atoms with Gasteiger partial charge in [-0.3, -0.25) is 9.59 Å². The summed E-state index contributed by atoms with van der Waals surface area (Å²) in [6, 6.07) is 26.1. The summed E-state index contributed by atoms with van der Waals surface area (Å²) >= 11 is 2.55. The van der Waals surface area contributed by atoms with Gasteiger partial charge >= 0.3 is 0 Å². The Hall–Kier alpha value is -6.38. The summed E-state index contributed by atoms with van der Waals surface area (Å²) in [5, 5.41) is 6.67. The van der Waals surface area contributed by atoms with Gasteiger partial charge in [0.15, 0.2) is 0 Å². The molecular formula is C34H20N10O2S2. The van der Waals surface area contributed by atoms with Crippen LogP contribution in [0.15, 0.2) is 119 Å². The smallest absolute Gasteiger partial charge is 0.277 e. The van der Waals surface area contributed by atoms with Crippen LogP contribution in [-0.2, 0) is 0 Å². The largest absolute Gasteiger partial charge is 0.325 e. The molecule has 0 amide bonds. The van der Waals surface area contributed by atoms with Crippen molar-refractivity contribution >= 4 is 87.1 Å². The molecule has 0 unspecified atom stereocenters. The van der Waals surface area contributed by atoms with E-state index in [2.05, 4.69) is 30.6 Å². The molecule has 14 heteroatoms. The average Bonchev–Trinajstić information content (AvgIpc) is 3.69. The number of benzene rings is 3. The molecule has 0 bridgehead atoms. The minimum Gasteiger partial charge on any atom is -0.325 e. The number of nitrogens with zero attached hydrogens (tertiary/aromatic N) is 8. The molecular weight excluding hydrogens is 645 g/mol. The Balaban J connectivity index is 1.12. The Kier molecular flexibility index (Phi) is 6.48. The third kappa shape index (κ3) is 4.58. The number of thiophene rings is 2. The van der Waals surface area contributed by atoms with E-state index in [9.17, 15) is 9.59 Å². The van der Waals surface area contributed by atoms with E-state index >= 15 is 0 Å². The monoisotopic (exact) mass is 664 g/mol. The molecule has 0 saturated carbocycles. The van der Waals surface area contributed by atoms with E-state index in [0.717, 1.165) is 0 Å². The van der Waals surface area contributed by atoms with Gasteiger partial charge in [0.2, 0.25) is 11.9 Å². The Morgan fingerprint density at radius 3 is 1.29 bits per heavy atom. The van der Waals surface area contributed by atoms with Crippen LogP contribution in [0.1, 0.15) is 0 Å². The van der Waals surface area contributed by atoms with E-state index in [1.165, 1.54) is 22.7 Å². The molecule has 6 aromatic heterocycles. The number of anilines is 4. The van der Waals surface area contributed by atoms with Crippen LogP contribution < -0.4 is 21.8 Å². The molecule has 230 valence electrons. The fourth-order valence-electron chi connectivity index (χ4n) is 5.53. The summed E-state index contributed by atoms with van der Waals surface area (Å²) in [6.45, 7) is 0. The molecule has 0 aliphatic rings. The maximum atomic E-state index is 13.9. The number of fused-ring (bicyclic) bond motifs is 6. The number of rotatable bonds is 6. The van der Waals surface area contributed by atoms with E-state index in [1.807, 2.05) is 84.9 Å². The van der Waals surface area contributed by atoms with E-state index in [0.29, 0.717) is 75.8 Å². The normalized spacial score (nSPS) is 11.5. The maximum absolute atomic E-state index is 13.9. The Morgan fingerprint density at radius 1 is 0.479 bits per heavy atom. The zero-order chi connectivity index (χ0) is 32.2. The van der Waals surface area contributed by atoms with Crippen molar-refractivity contribution in [2.45, 2.75) is 0 Å². The van der Waals surface area contributed by atoms with Crippen molar-refractivity contribution in [1.82, 2.24) is 39.0 Å². The molecule has 0 saturated heterocycles. The molecule has 3 aromatic carbocycles. The number of hydrogen-bond acceptors (Lipinski definition) is 12. The minimum absolute atomic E-state index is 0.220. The fraction of sp³-hybridized carbons (Fsp3) is 0. The second-order valence-electron chi connectivity index (χ2n) is 10.6. The van der Waals surface area contributed by atoms with Crippen LogP contribution in [0.5, 0.6) is 0 Å². The van der Waals surface area contributed by atoms with Gasteiger partial charge in [-0.1, -0.05) is 36.4 Å². The Morgan fingerprint density at radius 2 is 0.875 bits per heavy atom. The van der Waals surface area contributed by atoms with Gasteiger partial charge in [-0.25, -0.2) is 39.0 Å². The van der Waals surface area contributed by atoms with Gasteiger partial charge in [-0.05, 0) is 48.5 Å². The van der Waals surface area contributed by atoms with Crippen molar-refractivity contribution in [1.29, 1.82) is 0 Å². The first kappa shape index (κ1) is 27.9. The second kappa shape index (κ2) is 11.2. The number of hydrogen-bond donors (Lipinski definition) is 2. The van der Waals surface area contributed by atoms with Crippen molar-refractivity contribution in [2.24, 2.45) is 0 Å². The van der Waals surface area contributed by atoms with Crippen molar-refractivity contribution in [3.8, 4) is 11.4 Å². The first-order valence-corrected chi connectivity index (χ1v) is 16.3. The van der Waals surface area contributed by atoms with Crippen molar-refractivity contribution < 1.29 is 0 Å². The maximum Gasteiger partial charge on any atom is 0.277 e. The van der Waals surface area contributed by atoms with Crippen LogP contribution in [0.2, 0.25) is 0 Å². The number of aromatic nitrogens is 8. The Labute approximate surface area is 277 Å². The van der Waals surface area contributed by atoms with E-state index in [1.54, 1.807) is 33.9 Å². The van der Waals surface area contributed by atoms with Gasteiger partial charge in [0.25, 0.3) is 11.1 Å². The number of nitrogens with one attached hydrogen (secondary N) is 2. The lowest BCUT2D eigenvalue weighted by Gasteiger charge is -2.16. The summed E-state index contributed by atoms with van der Waals surface area (Å²) in [5.41, 5.74) is 4.41. The molecule has 0 fully saturated rings. The number of para-hydroxylation sites is 2. The van der Waals surface area contributed by atoms with Crippen molar-refractivity contribution in [2.75, 3.05) is 10.6 Å². The van der Waals surface area contributed by atoms with Crippen LogP contribution in [-0.4, -0.2) is 39.0 Å². The molecule has 0 aliphatic carbocycles. The van der Waals surface area contributed by atoms with E-state index in [4.69, 9.17) is 9.97 Å². The van der Waals surface area contributed by atoms with Crippen molar-refractivity contribution in [3.05, 3.63) is 130 Å². The highest BCUT2D eigenvalue weighted by atomic mass is 32.1. The van der Waals surface area contributed by atoms with E-state index in [-0.39, 0.29) is 11.1 Å². The van der Waals surface area contributed by atoms with Gasteiger partial charge in [0, 0.05) is 36.2 Å². The predicted octanol–water partition coefficient (Wildman–Crippen LogP) is 6.58. The van der Waals surface area contributed by atoms with Crippen LogP contribution in [0.3, 0.4) is 0 Å².